The molecule has 0 aliphatic carbocycles. The summed E-state index contributed by atoms with van der Waals surface area (Å²) in [6.07, 6.45) is 6.94. The highest BCUT2D eigenvalue weighted by Gasteiger charge is 2.24. The Bertz CT molecular complexity index is 570. The summed E-state index contributed by atoms with van der Waals surface area (Å²) in [7, 11) is 0. The van der Waals surface area contributed by atoms with Crippen LogP contribution >= 0.6 is 0 Å². The van der Waals surface area contributed by atoms with E-state index in [1.54, 1.807) is 0 Å². The first-order valence-electron chi connectivity index (χ1n) is 7.33. The van der Waals surface area contributed by atoms with Gasteiger partial charge in [0.2, 0.25) is 0 Å². The molecule has 1 saturated heterocycles. The van der Waals surface area contributed by atoms with E-state index in [1.807, 2.05) is 0 Å². The van der Waals surface area contributed by atoms with E-state index in [-0.39, 0.29) is 0 Å². The van der Waals surface area contributed by atoms with Crippen LogP contribution in [0.5, 0.6) is 0 Å². The van der Waals surface area contributed by atoms with Gasteiger partial charge in [0, 0.05) is 30.9 Å². The van der Waals surface area contributed by atoms with Crippen LogP contribution in [-0.2, 0) is 0 Å². The average Bonchev–Trinajstić information content (AvgIpc) is 2.81. The number of imidazole rings is 1. The van der Waals surface area contributed by atoms with Crippen LogP contribution in [0.1, 0.15) is 43.9 Å². The Morgan fingerprint density at radius 2 is 2.11 bits per heavy atom. The quantitative estimate of drug-likeness (QED) is 0.823. The maximum absolute atomic E-state index is 4.81. The second-order valence-corrected chi connectivity index (χ2v) is 6.07. The minimum absolute atomic E-state index is 0.594. The van der Waals surface area contributed by atoms with Crippen molar-refractivity contribution < 1.29 is 0 Å². The fraction of sp³-hybridized carbons (Fsp3) is 0.562. The number of pyridine rings is 1. The molecule has 3 rings (SSSR count). The van der Waals surface area contributed by atoms with Crippen molar-refractivity contribution in [3.05, 3.63) is 35.8 Å². The summed E-state index contributed by atoms with van der Waals surface area (Å²) < 4.78 is 2.17. The molecule has 1 unspecified atom stereocenters. The van der Waals surface area contributed by atoms with Gasteiger partial charge in [0.15, 0.2) is 0 Å². The second-order valence-electron chi connectivity index (χ2n) is 6.07. The lowest BCUT2D eigenvalue weighted by Gasteiger charge is -2.34. The summed E-state index contributed by atoms with van der Waals surface area (Å²) in [4.78, 5) is 7.38. The Morgan fingerprint density at radius 1 is 1.26 bits per heavy atom. The Hall–Kier alpha value is -1.35. The summed E-state index contributed by atoms with van der Waals surface area (Å²) in [6.45, 7) is 9.09. The molecule has 0 aromatic carbocycles. The van der Waals surface area contributed by atoms with E-state index in [1.165, 1.54) is 30.6 Å². The van der Waals surface area contributed by atoms with Crippen LogP contribution in [0, 0.1) is 6.92 Å². The summed E-state index contributed by atoms with van der Waals surface area (Å²) >= 11 is 0. The van der Waals surface area contributed by atoms with Gasteiger partial charge in [-0.15, -0.1) is 0 Å². The van der Waals surface area contributed by atoms with E-state index in [0.29, 0.717) is 12.0 Å². The summed E-state index contributed by atoms with van der Waals surface area (Å²) in [5.41, 5.74) is 3.61. The number of aromatic nitrogens is 2. The van der Waals surface area contributed by atoms with Crippen LogP contribution in [0.25, 0.3) is 5.65 Å². The minimum Gasteiger partial charge on any atom is -0.307 e. The van der Waals surface area contributed by atoms with Crippen molar-refractivity contribution in [2.75, 3.05) is 13.1 Å². The van der Waals surface area contributed by atoms with Gasteiger partial charge >= 0.3 is 0 Å². The lowest BCUT2D eigenvalue weighted by Crippen LogP contribution is -2.39. The van der Waals surface area contributed by atoms with Crippen molar-refractivity contribution >= 4 is 5.65 Å². The van der Waals surface area contributed by atoms with Crippen LogP contribution in [0.15, 0.2) is 24.5 Å². The van der Waals surface area contributed by atoms with E-state index >= 15 is 0 Å². The molecule has 1 atom stereocenters. The van der Waals surface area contributed by atoms with Gasteiger partial charge in [-0.05, 0) is 51.8 Å². The maximum atomic E-state index is 4.81. The zero-order valence-corrected chi connectivity index (χ0v) is 12.1. The second kappa shape index (κ2) is 4.97. The third kappa shape index (κ3) is 2.52. The number of hydrogen-bond donors (Lipinski definition) is 0. The normalized spacial score (nSPS) is 21.4. The average molecular weight is 257 g/mol. The van der Waals surface area contributed by atoms with Crippen LogP contribution in [0.3, 0.4) is 0 Å². The van der Waals surface area contributed by atoms with E-state index in [9.17, 15) is 0 Å². The van der Waals surface area contributed by atoms with E-state index < -0.39 is 0 Å². The van der Waals surface area contributed by atoms with Crippen molar-refractivity contribution in [2.24, 2.45) is 0 Å². The molecule has 2 aromatic heterocycles. The van der Waals surface area contributed by atoms with Crippen LogP contribution in [-0.4, -0.2) is 33.4 Å². The van der Waals surface area contributed by atoms with E-state index in [2.05, 4.69) is 54.6 Å². The van der Waals surface area contributed by atoms with Crippen molar-refractivity contribution in [2.45, 2.75) is 45.6 Å². The van der Waals surface area contributed by atoms with Crippen molar-refractivity contribution in [3.63, 3.8) is 0 Å². The molecular weight excluding hydrogens is 234 g/mol. The number of piperidine rings is 1. The third-order valence-electron chi connectivity index (χ3n) is 4.22. The highest BCUT2D eigenvalue weighted by Crippen LogP contribution is 2.27. The molecule has 0 amide bonds. The molecule has 0 bridgehead atoms. The first kappa shape index (κ1) is 12.7. The van der Waals surface area contributed by atoms with Gasteiger partial charge in [0.25, 0.3) is 0 Å². The molecule has 0 N–H and O–H groups in total. The highest BCUT2D eigenvalue weighted by atomic mass is 15.2. The van der Waals surface area contributed by atoms with Gasteiger partial charge in [-0.3, -0.25) is 0 Å². The Labute approximate surface area is 115 Å². The zero-order chi connectivity index (χ0) is 13.4. The van der Waals surface area contributed by atoms with Gasteiger partial charge in [-0.25, -0.2) is 4.98 Å². The molecule has 1 fully saturated rings. The van der Waals surface area contributed by atoms with E-state index in [4.69, 9.17) is 4.98 Å². The minimum atomic E-state index is 0.594. The highest BCUT2D eigenvalue weighted by molar-refractivity contribution is 5.41. The number of rotatable bonds is 2. The molecule has 19 heavy (non-hydrogen) atoms. The first-order valence-corrected chi connectivity index (χ1v) is 7.33. The molecule has 102 valence electrons. The van der Waals surface area contributed by atoms with Crippen molar-refractivity contribution in [1.82, 2.24) is 14.3 Å². The number of nitrogens with zero attached hydrogens (tertiary/aromatic N) is 3. The summed E-state index contributed by atoms with van der Waals surface area (Å²) in [5.74, 6) is 0.594. The monoisotopic (exact) mass is 257 g/mol. The lowest BCUT2D eigenvalue weighted by molar-refractivity contribution is 0.166. The molecule has 0 spiro atoms. The molecule has 1 aliphatic heterocycles. The smallest absolute Gasteiger partial charge is 0.136 e. The standard InChI is InChI=1S/C16H23N3/c1-12(2)18-8-4-5-14(10-18)15-11-19-9-13(3)6-7-16(19)17-15/h6-7,9,11-12,14H,4-5,8,10H2,1-3H3. The van der Waals surface area contributed by atoms with Gasteiger partial charge in [0.1, 0.15) is 5.65 Å². The fourth-order valence-corrected chi connectivity index (χ4v) is 3.04. The maximum Gasteiger partial charge on any atom is 0.136 e. The van der Waals surface area contributed by atoms with Crippen molar-refractivity contribution in [3.8, 4) is 0 Å². The Morgan fingerprint density at radius 3 is 2.89 bits per heavy atom. The Kier molecular flexibility index (Phi) is 3.31. The van der Waals surface area contributed by atoms with Crippen molar-refractivity contribution in [1.29, 1.82) is 0 Å². The summed E-state index contributed by atoms with van der Waals surface area (Å²) in [5, 5.41) is 0. The third-order valence-corrected chi connectivity index (χ3v) is 4.22. The van der Waals surface area contributed by atoms with Gasteiger partial charge in [0.05, 0.1) is 5.69 Å². The Balaban J connectivity index is 1.87. The molecule has 3 heteroatoms. The van der Waals surface area contributed by atoms with Gasteiger partial charge < -0.3 is 9.30 Å². The number of fused-ring (bicyclic) bond motifs is 1. The number of aryl methyl sites for hydroxylation is 1. The largest absolute Gasteiger partial charge is 0.307 e. The molecule has 1 aliphatic rings. The topological polar surface area (TPSA) is 20.5 Å². The fourth-order valence-electron chi connectivity index (χ4n) is 3.04. The van der Waals surface area contributed by atoms with Crippen LogP contribution in [0.4, 0.5) is 0 Å². The first-order chi connectivity index (χ1) is 9.13. The zero-order valence-electron chi connectivity index (χ0n) is 12.1. The predicted octanol–water partition coefficient (Wildman–Crippen LogP) is 3.23. The molecule has 3 heterocycles. The lowest BCUT2D eigenvalue weighted by atomic mass is 9.94. The summed E-state index contributed by atoms with van der Waals surface area (Å²) in [6, 6.07) is 4.89. The molecular formula is C16H23N3. The predicted molar refractivity (Wildman–Crippen MR) is 78.6 cm³/mol. The molecule has 0 radical (unpaired) electrons. The van der Waals surface area contributed by atoms with Gasteiger partial charge in [-0.2, -0.15) is 0 Å². The molecule has 2 aromatic rings. The van der Waals surface area contributed by atoms with E-state index in [0.717, 1.165) is 12.2 Å². The van der Waals surface area contributed by atoms with Crippen LogP contribution < -0.4 is 0 Å². The van der Waals surface area contributed by atoms with Gasteiger partial charge in [-0.1, -0.05) is 6.07 Å². The van der Waals surface area contributed by atoms with Crippen LogP contribution in [0.2, 0.25) is 0 Å². The number of likely N-dealkylation sites (tertiary alicyclic amines) is 1. The SMILES string of the molecule is Cc1ccc2nc(C3CCCN(C(C)C)C3)cn2c1. The molecule has 0 saturated carbocycles. The molecule has 3 nitrogen and oxygen atoms in total. The number of hydrogen-bond acceptors (Lipinski definition) is 2.